The van der Waals surface area contributed by atoms with Crippen LogP contribution in [0.25, 0.3) is 21.7 Å². The van der Waals surface area contributed by atoms with E-state index in [1.54, 1.807) is 6.07 Å². The van der Waals surface area contributed by atoms with E-state index >= 15 is 0 Å². The number of carbonyl (C=O) groups is 2. The molecule has 3 aromatic rings. The molecule has 1 aliphatic heterocycles. The summed E-state index contributed by atoms with van der Waals surface area (Å²) in [6.45, 7) is 2.08. The van der Waals surface area contributed by atoms with Crippen LogP contribution in [0.5, 0.6) is 0 Å². The van der Waals surface area contributed by atoms with Crippen LogP contribution in [-0.4, -0.2) is 22.4 Å². The smallest absolute Gasteiger partial charge is 0.336 e. The predicted molar refractivity (Wildman–Crippen MR) is 109 cm³/mol. The van der Waals surface area contributed by atoms with E-state index in [-0.39, 0.29) is 24.4 Å². The van der Waals surface area contributed by atoms with Crippen molar-refractivity contribution in [1.82, 2.24) is 10.2 Å². The van der Waals surface area contributed by atoms with Crippen molar-refractivity contribution in [3.05, 3.63) is 58.4 Å². The van der Waals surface area contributed by atoms with E-state index in [1.807, 2.05) is 37.3 Å². The van der Waals surface area contributed by atoms with Gasteiger partial charge >= 0.3 is 11.7 Å². The summed E-state index contributed by atoms with van der Waals surface area (Å²) in [5.74, 6) is -0.0903. The van der Waals surface area contributed by atoms with Crippen molar-refractivity contribution in [2.24, 2.45) is 5.92 Å². The Kier molecular flexibility index (Phi) is 3.98. The molecule has 2 atom stereocenters. The molecule has 1 N–H and O–H groups in total. The normalized spacial score (nSPS) is 24.6. The molecule has 6 heteroatoms. The van der Waals surface area contributed by atoms with Gasteiger partial charge in [0.25, 0.3) is 5.91 Å². The number of hydrogen-bond acceptors (Lipinski definition) is 4. The van der Waals surface area contributed by atoms with Gasteiger partial charge in [0.2, 0.25) is 0 Å². The number of urea groups is 1. The first kappa shape index (κ1) is 17.9. The highest BCUT2D eigenvalue weighted by atomic mass is 16.4. The molecule has 0 unspecified atom stereocenters. The Morgan fingerprint density at radius 2 is 1.97 bits per heavy atom. The first-order chi connectivity index (χ1) is 14.0. The molecule has 1 spiro atoms. The largest absolute Gasteiger partial charge is 0.423 e. The molecule has 5 rings (SSSR count). The Hall–Kier alpha value is -3.15. The molecule has 2 heterocycles. The number of nitrogens with zero attached hydrogens (tertiary/aromatic N) is 1. The third-order valence-corrected chi connectivity index (χ3v) is 6.54. The highest BCUT2D eigenvalue weighted by molar-refractivity contribution is 6.09. The third-order valence-electron chi connectivity index (χ3n) is 6.54. The maximum Gasteiger partial charge on any atom is 0.336 e. The minimum Gasteiger partial charge on any atom is -0.423 e. The fourth-order valence-electron chi connectivity index (χ4n) is 4.95. The minimum absolute atomic E-state index is 0.0508. The quantitative estimate of drug-likeness (QED) is 0.408. The van der Waals surface area contributed by atoms with Gasteiger partial charge in [-0.05, 0) is 41.2 Å². The van der Waals surface area contributed by atoms with Gasteiger partial charge in [0.15, 0.2) is 0 Å². The molecule has 1 saturated heterocycles. The maximum absolute atomic E-state index is 13.3. The van der Waals surface area contributed by atoms with Gasteiger partial charge in [0.1, 0.15) is 11.1 Å². The average molecular weight is 390 g/mol. The van der Waals surface area contributed by atoms with Crippen LogP contribution >= 0.6 is 0 Å². The summed E-state index contributed by atoms with van der Waals surface area (Å²) in [5, 5.41) is 5.67. The van der Waals surface area contributed by atoms with E-state index in [9.17, 15) is 14.4 Å². The van der Waals surface area contributed by atoms with Crippen LogP contribution in [0.2, 0.25) is 0 Å². The second-order valence-corrected chi connectivity index (χ2v) is 8.19. The lowest BCUT2D eigenvalue weighted by molar-refractivity contribution is -0.134. The van der Waals surface area contributed by atoms with Gasteiger partial charge in [-0.1, -0.05) is 50.1 Å². The van der Waals surface area contributed by atoms with Crippen molar-refractivity contribution in [3.8, 4) is 0 Å². The van der Waals surface area contributed by atoms with Gasteiger partial charge in [-0.2, -0.15) is 0 Å². The number of nitrogens with one attached hydrogen (secondary N) is 1. The molecule has 2 aromatic carbocycles. The van der Waals surface area contributed by atoms with E-state index in [1.165, 1.54) is 11.0 Å². The van der Waals surface area contributed by atoms with E-state index in [0.717, 1.165) is 35.4 Å². The SMILES string of the molecule is C[C@@H]1CCCC[C@@]12NC(=O)N(Cc1cc(=O)oc3ccc4ccccc4c13)C2=O. The van der Waals surface area contributed by atoms with Gasteiger partial charge in [0.05, 0.1) is 6.54 Å². The second-order valence-electron chi connectivity index (χ2n) is 8.19. The lowest BCUT2D eigenvalue weighted by Crippen LogP contribution is -2.53. The lowest BCUT2D eigenvalue weighted by atomic mass is 9.73. The maximum atomic E-state index is 13.3. The molecule has 2 aliphatic rings. The summed E-state index contributed by atoms with van der Waals surface area (Å²) < 4.78 is 5.40. The third kappa shape index (κ3) is 2.66. The summed E-state index contributed by atoms with van der Waals surface area (Å²) in [6.07, 6.45) is 3.58. The summed E-state index contributed by atoms with van der Waals surface area (Å²) in [6, 6.07) is 12.5. The number of hydrogen-bond donors (Lipinski definition) is 1. The zero-order chi connectivity index (χ0) is 20.2. The number of benzene rings is 2. The van der Waals surface area contributed by atoms with Gasteiger partial charge in [0, 0.05) is 11.5 Å². The molecule has 0 bridgehead atoms. The molecule has 3 amide bonds. The molecule has 2 fully saturated rings. The first-order valence-electron chi connectivity index (χ1n) is 10.1. The summed E-state index contributed by atoms with van der Waals surface area (Å²) >= 11 is 0. The minimum atomic E-state index is -0.813. The Morgan fingerprint density at radius 3 is 2.79 bits per heavy atom. The van der Waals surface area contributed by atoms with Crippen molar-refractivity contribution in [2.75, 3.05) is 0 Å². The lowest BCUT2D eigenvalue weighted by Gasteiger charge is -2.36. The second kappa shape index (κ2) is 6.44. The summed E-state index contributed by atoms with van der Waals surface area (Å²) in [4.78, 5) is 39.5. The van der Waals surface area contributed by atoms with Gasteiger partial charge in [-0.15, -0.1) is 0 Å². The van der Waals surface area contributed by atoms with Crippen LogP contribution in [0.4, 0.5) is 4.79 Å². The van der Waals surface area contributed by atoms with Crippen molar-refractivity contribution >= 4 is 33.7 Å². The fourth-order valence-corrected chi connectivity index (χ4v) is 4.95. The standard InChI is InChI=1S/C23H22N2O4/c1-14-6-4-5-11-23(14)21(27)25(22(28)24-23)13-16-12-19(26)29-18-10-9-15-7-2-3-8-17(15)20(16)18/h2-3,7-10,12,14H,4-6,11,13H2,1H3,(H,24,28)/t14-,23-/m1/s1. The van der Waals surface area contributed by atoms with Crippen molar-refractivity contribution < 1.29 is 14.0 Å². The highest BCUT2D eigenvalue weighted by Crippen LogP contribution is 2.39. The van der Waals surface area contributed by atoms with Crippen molar-refractivity contribution in [1.29, 1.82) is 0 Å². The molecule has 148 valence electrons. The van der Waals surface area contributed by atoms with Crippen LogP contribution < -0.4 is 10.9 Å². The zero-order valence-electron chi connectivity index (χ0n) is 16.2. The van der Waals surface area contributed by atoms with E-state index < -0.39 is 11.2 Å². The molecular weight excluding hydrogens is 368 g/mol. The van der Waals surface area contributed by atoms with Crippen molar-refractivity contribution in [3.63, 3.8) is 0 Å². The van der Waals surface area contributed by atoms with Gasteiger partial charge in [-0.25, -0.2) is 9.59 Å². The van der Waals surface area contributed by atoms with Crippen LogP contribution in [0.15, 0.2) is 51.7 Å². The molecule has 1 aliphatic carbocycles. The summed E-state index contributed by atoms with van der Waals surface area (Å²) in [7, 11) is 0. The number of rotatable bonds is 2. The molecule has 1 aromatic heterocycles. The molecule has 0 radical (unpaired) electrons. The Labute approximate surface area is 167 Å². The molecule has 29 heavy (non-hydrogen) atoms. The topological polar surface area (TPSA) is 79.6 Å². The van der Waals surface area contributed by atoms with Crippen LogP contribution in [-0.2, 0) is 11.3 Å². The van der Waals surface area contributed by atoms with Gasteiger partial charge in [-0.3, -0.25) is 9.69 Å². The molecule has 1 saturated carbocycles. The van der Waals surface area contributed by atoms with Crippen LogP contribution in [0, 0.1) is 5.92 Å². The van der Waals surface area contributed by atoms with Crippen molar-refractivity contribution in [2.45, 2.75) is 44.7 Å². The van der Waals surface area contributed by atoms with E-state index in [0.29, 0.717) is 17.6 Å². The molecular formula is C23H22N2O4. The number of fused-ring (bicyclic) bond motifs is 3. The Balaban J connectivity index is 1.62. The molecule has 6 nitrogen and oxygen atoms in total. The predicted octanol–water partition coefficient (Wildman–Crippen LogP) is 3.95. The van der Waals surface area contributed by atoms with E-state index in [4.69, 9.17) is 4.42 Å². The zero-order valence-corrected chi connectivity index (χ0v) is 16.2. The Bertz CT molecular complexity index is 1210. The van der Waals surface area contributed by atoms with Crippen LogP contribution in [0.1, 0.15) is 38.2 Å². The number of carbonyl (C=O) groups excluding carboxylic acids is 2. The summed E-state index contributed by atoms with van der Waals surface area (Å²) in [5.41, 5.74) is -0.223. The fraction of sp³-hybridized carbons (Fsp3) is 0.348. The Morgan fingerprint density at radius 1 is 1.14 bits per heavy atom. The highest BCUT2D eigenvalue weighted by Gasteiger charge is 2.54. The first-order valence-corrected chi connectivity index (χ1v) is 10.1. The number of amides is 3. The van der Waals surface area contributed by atoms with Gasteiger partial charge < -0.3 is 9.73 Å². The van der Waals surface area contributed by atoms with E-state index in [2.05, 4.69) is 5.32 Å². The monoisotopic (exact) mass is 390 g/mol. The average Bonchev–Trinajstić information content (AvgIpc) is 2.94. The van der Waals surface area contributed by atoms with Crippen LogP contribution in [0.3, 0.4) is 0 Å². The number of imide groups is 1.